The molecule has 2 N–H and O–H groups in total. The molecule has 0 aliphatic carbocycles. The van der Waals surface area contributed by atoms with Crippen LogP contribution in [0, 0.1) is 18.8 Å². The maximum Gasteiger partial charge on any atom is 0.408 e. The van der Waals surface area contributed by atoms with E-state index in [2.05, 4.69) is 10.6 Å². The van der Waals surface area contributed by atoms with Gasteiger partial charge in [-0.1, -0.05) is 33.8 Å². The second-order valence-corrected chi connectivity index (χ2v) is 18.4. The molecule has 6 rings (SSSR count). The van der Waals surface area contributed by atoms with Crippen LogP contribution in [0.4, 0.5) is 9.59 Å². The van der Waals surface area contributed by atoms with E-state index in [1.54, 1.807) is 118 Å². The highest BCUT2D eigenvalue weighted by molar-refractivity contribution is 6.22. The molecule has 0 saturated heterocycles. The van der Waals surface area contributed by atoms with Crippen LogP contribution >= 0.6 is 0 Å². The number of benzene rings is 3. The number of methoxy groups -OCH3 is 3. The third-order valence-corrected chi connectivity index (χ3v) is 10.4. The minimum Gasteiger partial charge on any atom is -0.493 e. The van der Waals surface area contributed by atoms with E-state index in [-0.39, 0.29) is 40.2 Å². The SMILES string of the molecule is COc1cc2ccn3c(c(-c4ccc(OC(=O)[C@H](NC(=O)OC(C)(C)C)C(C)C)c(OC)c4)c4c5cc(C)c(OC(=O)[C@H](NC(=O)OC(C)(C)C)C(C)C)cc5oc(=O)c43)c2cc1OC. The summed E-state index contributed by atoms with van der Waals surface area (Å²) in [6, 6.07) is 11.6. The Bertz CT molecular complexity index is 2900. The van der Waals surface area contributed by atoms with E-state index in [0.29, 0.717) is 49.9 Å². The fourth-order valence-electron chi connectivity index (χ4n) is 7.46. The minimum absolute atomic E-state index is 0.0782. The average Bonchev–Trinajstić information content (AvgIpc) is 3.57. The van der Waals surface area contributed by atoms with E-state index >= 15 is 0 Å². The van der Waals surface area contributed by atoms with Crippen molar-refractivity contribution in [2.75, 3.05) is 21.3 Å². The zero-order valence-corrected chi connectivity index (χ0v) is 39.3. The summed E-state index contributed by atoms with van der Waals surface area (Å²) in [5, 5.41) is 7.72. The Kier molecular flexibility index (Phi) is 13.3. The molecule has 0 saturated carbocycles. The van der Waals surface area contributed by atoms with Crippen LogP contribution in [0.2, 0.25) is 0 Å². The lowest BCUT2D eigenvalue weighted by Gasteiger charge is -2.24. The van der Waals surface area contributed by atoms with Crippen molar-refractivity contribution in [3.8, 4) is 39.9 Å². The fraction of sp³-hybridized carbons (Fsp3) is 0.408. The molecule has 3 heterocycles. The average molecular weight is 896 g/mol. The van der Waals surface area contributed by atoms with Gasteiger partial charge in [0.05, 0.1) is 26.8 Å². The number of nitrogens with zero attached hydrogens (tertiary/aromatic N) is 1. The first-order valence-corrected chi connectivity index (χ1v) is 21.2. The zero-order chi connectivity index (χ0) is 47.9. The van der Waals surface area contributed by atoms with E-state index in [1.807, 2.05) is 18.2 Å². The van der Waals surface area contributed by atoms with Crippen molar-refractivity contribution in [2.24, 2.45) is 11.8 Å². The molecule has 0 spiro atoms. The van der Waals surface area contributed by atoms with Gasteiger partial charge in [-0.25, -0.2) is 24.0 Å². The number of fused-ring (bicyclic) bond motifs is 7. The number of ether oxygens (including phenoxy) is 7. The highest BCUT2D eigenvalue weighted by Crippen LogP contribution is 2.46. The summed E-state index contributed by atoms with van der Waals surface area (Å²) in [6.07, 6.45) is 0.227. The number of hydrogen-bond donors (Lipinski definition) is 2. The number of alkyl carbamates (subject to hydrolysis) is 2. The maximum atomic E-state index is 14.3. The summed E-state index contributed by atoms with van der Waals surface area (Å²) in [6.45, 7) is 19.1. The van der Waals surface area contributed by atoms with Crippen LogP contribution in [0.15, 0.2) is 63.9 Å². The van der Waals surface area contributed by atoms with Crippen molar-refractivity contribution in [2.45, 2.75) is 99.4 Å². The van der Waals surface area contributed by atoms with Crippen molar-refractivity contribution in [3.63, 3.8) is 0 Å². The van der Waals surface area contributed by atoms with Crippen molar-refractivity contribution in [1.29, 1.82) is 0 Å². The van der Waals surface area contributed by atoms with E-state index in [0.717, 1.165) is 5.39 Å². The second kappa shape index (κ2) is 18.3. The smallest absolute Gasteiger partial charge is 0.408 e. The first-order chi connectivity index (χ1) is 30.4. The Hall–Kier alpha value is -6.97. The summed E-state index contributed by atoms with van der Waals surface area (Å²) in [5.74, 6) is -0.881. The number of carbonyl (C=O) groups is 4. The summed E-state index contributed by atoms with van der Waals surface area (Å²) in [7, 11) is 4.51. The predicted octanol–water partition coefficient (Wildman–Crippen LogP) is 9.26. The van der Waals surface area contributed by atoms with E-state index in [4.69, 9.17) is 37.6 Å². The van der Waals surface area contributed by atoms with Gasteiger partial charge in [-0.3, -0.25) is 0 Å². The molecular formula is C49H57N3O13. The fourth-order valence-corrected chi connectivity index (χ4v) is 7.46. The molecule has 0 bridgehead atoms. The van der Waals surface area contributed by atoms with Gasteiger partial charge in [-0.05, 0) is 113 Å². The molecule has 16 heteroatoms. The summed E-state index contributed by atoms with van der Waals surface area (Å²) >= 11 is 0. The second-order valence-electron chi connectivity index (χ2n) is 18.4. The lowest BCUT2D eigenvalue weighted by Crippen LogP contribution is -2.48. The molecule has 0 aliphatic rings. The first kappa shape index (κ1) is 47.5. The van der Waals surface area contributed by atoms with Gasteiger partial charge < -0.3 is 52.6 Å². The van der Waals surface area contributed by atoms with Gasteiger partial charge in [-0.15, -0.1) is 0 Å². The Labute approximate surface area is 376 Å². The van der Waals surface area contributed by atoms with Gasteiger partial charge in [0, 0.05) is 34.0 Å². The molecule has 3 aromatic carbocycles. The van der Waals surface area contributed by atoms with E-state index in [9.17, 15) is 24.0 Å². The lowest BCUT2D eigenvalue weighted by atomic mass is 9.97. The normalized spacial score (nSPS) is 12.9. The van der Waals surface area contributed by atoms with E-state index in [1.165, 1.54) is 20.3 Å². The van der Waals surface area contributed by atoms with Crippen molar-refractivity contribution in [3.05, 3.63) is 70.7 Å². The molecule has 16 nitrogen and oxygen atoms in total. The highest BCUT2D eigenvalue weighted by Gasteiger charge is 2.32. The third-order valence-electron chi connectivity index (χ3n) is 10.4. The number of amides is 2. The van der Waals surface area contributed by atoms with Crippen molar-refractivity contribution < 1.29 is 56.8 Å². The molecule has 346 valence electrons. The van der Waals surface area contributed by atoms with Crippen molar-refractivity contribution >= 4 is 62.3 Å². The number of nitrogens with one attached hydrogen (secondary N) is 2. The van der Waals surface area contributed by atoms with Crippen LogP contribution in [0.25, 0.3) is 49.3 Å². The van der Waals surface area contributed by atoms with Crippen LogP contribution in [0.1, 0.15) is 74.8 Å². The van der Waals surface area contributed by atoms with Gasteiger partial charge in [0.2, 0.25) is 0 Å². The monoisotopic (exact) mass is 895 g/mol. The van der Waals surface area contributed by atoms with Gasteiger partial charge in [0.25, 0.3) is 0 Å². The first-order valence-electron chi connectivity index (χ1n) is 21.2. The Morgan fingerprint density at radius 3 is 1.68 bits per heavy atom. The molecule has 0 unspecified atom stereocenters. The Morgan fingerprint density at radius 1 is 0.631 bits per heavy atom. The summed E-state index contributed by atoms with van der Waals surface area (Å²) in [4.78, 5) is 67.0. The van der Waals surface area contributed by atoms with Gasteiger partial charge >= 0.3 is 29.8 Å². The number of pyridine rings is 1. The highest BCUT2D eigenvalue weighted by atomic mass is 16.6. The molecule has 6 aromatic rings. The minimum atomic E-state index is -1.06. The van der Waals surface area contributed by atoms with Crippen LogP contribution in [0.3, 0.4) is 0 Å². The number of esters is 2. The molecule has 0 radical (unpaired) electrons. The Balaban J connectivity index is 1.54. The standard InChI is InChI=1S/C49H57N3O13/c1-24(2)39(50-46(56)64-48(6,7)8)43(53)61-31-16-15-28(21-34(31)58-12)37-38-30-19-26(5)32(62-44(54)40(25(3)4)51-47(57)65-49(9,10)11)23-33(30)63-45(55)42(38)52-18-17-27-20-35(59-13)36(60-14)22-29(27)41(37)52/h15-25,39-40H,1-14H3,(H,50,56)(H,51,57)/t39-,40-/m1/s1. The largest absolute Gasteiger partial charge is 0.493 e. The maximum absolute atomic E-state index is 14.3. The number of rotatable bonds is 12. The topological polar surface area (TPSA) is 192 Å². The van der Waals surface area contributed by atoms with Crippen LogP contribution in [-0.2, 0) is 19.1 Å². The Morgan fingerprint density at radius 2 is 1.15 bits per heavy atom. The third kappa shape index (κ3) is 10.1. The summed E-state index contributed by atoms with van der Waals surface area (Å²) in [5.41, 5.74) is 0.354. The summed E-state index contributed by atoms with van der Waals surface area (Å²) < 4.78 is 47.5. The van der Waals surface area contributed by atoms with Gasteiger partial charge in [0.1, 0.15) is 40.1 Å². The van der Waals surface area contributed by atoms with Crippen LogP contribution in [0.5, 0.6) is 28.7 Å². The quantitative estimate of drug-likeness (QED) is 0.0672. The molecule has 0 aliphatic heterocycles. The van der Waals surface area contributed by atoms with Gasteiger partial charge in [-0.2, -0.15) is 0 Å². The van der Waals surface area contributed by atoms with Crippen LogP contribution < -0.4 is 39.9 Å². The number of hydrogen-bond acceptors (Lipinski definition) is 13. The zero-order valence-electron chi connectivity index (χ0n) is 39.3. The molecule has 3 aromatic heterocycles. The predicted molar refractivity (Wildman–Crippen MR) is 246 cm³/mol. The molecule has 0 fully saturated rings. The molecular weight excluding hydrogens is 839 g/mol. The number of aryl methyl sites for hydroxylation is 1. The van der Waals surface area contributed by atoms with E-state index < -0.39 is 53.0 Å². The molecule has 2 atom stereocenters. The molecule has 2 amide bonds. The number of carbonyl (C=O) groups excluding carboxylic acids is 4. The van der Waals surface area contributed by atoms with Crippen LogP contribution in [-0.4, -0.2) is 73.1 Å². The van der Waals surface area contributed by atoms with Gasteiger partial charge in [0.15, 0.2) is 23.0 Å². The van der Waals surface area contributed by atoms with Crippen molar-refractivity contribution in [1.82, 2.24) is 15.0 Å². The lowest BCUT2D eigenvalue weighted by molar-refractivity contribution is -0.138. The number of aromatic nitrogens is 1. The molecule has 65 heavy (non-hydrogen) atoms.